The molecular weight excluding hydrogens is 436 g/mol. The van der Waals surface area contributed by atoms with E-state index in [2.05, 4.69) is 58.6 Å². The molecule has 32 heavy (non-hydrogen) atoms. The SMILES string of the molecule is Cc1ccc(C2=CSC3=NC(c4c[nH]c5ccccc45)N=C(c4ccc(Cl)cc4)N23)cc1. The topological polar surface area (TPSA) is 43.8 Å². The Morgan fingerprint density at radius 2 is 1.66 bits per heavy atom. The standard InChI is InChI=1S/C26H19ClN4S/c1-16-6-8-17(9-7-16)23-15-32-26-30-24(21-14-28-22-5-3-2-4-20(21)22)29-25(31(23)26)18-10-12-19(27)13-11-18/h2-15,24,28H,1H3. The second-order valence-corrected chi connectivity index (χ2v) is 9.13. The molecule has 1 unspecified atom stereocenters. The lowest BCUT2D eigenvalue weighted by molar-refractivity contribution is 0.708. The summed E-state index contributed by atoms with van der Waals surface area (Å²) in [6.45, 7) is 2.10. The van der Waals surface area contributed by atoms with Crippen LogP contribution in [0.1, 0.15) is 28.4 Å². The van der Waals surface area contributed by atoms with Gasteiger partial charge >= 0.3 is 0 Å². The van der Waals surface area contributed by atoms with Gasteiger partial charge in [0.05, 0.1) is 5.70 Å². The number of benzene rings is 3. The third-order valence-corrected chi connectivity index (χ3v) is 6.84. The molecule has 156 valence electrons. The maximum absolute atomic E-state index is 6.18. The van der Waals surface area contributed by atoms with Crippen molar-refractivity contribution >= 4 is 51.0 Å². The highest BCUT2D eigenvalue weighted by Crippen LogP contribution is 2.41. The molecule has 4 aromatic rings. The van der Waals surface area contributed by atoms with Gasteiger partial charge in [-0.05, 0) is 42.8 Å². The minimum absolute atomic E-state index is 0.318. The van der Waals surface area contributed by atoms with Crippen LogP contribution in [0.2, 0.25) is 5.02 Å². The number of nitrogens with zero attached hydrogens (tertiary/aromatic N) is 3. The zero-order valence-electron chi connectivity index (χ0n) is 17.3. The lowest BCUT2D eigenvalue weighted by atomic mass is 10.1. The summed E-state index contributed by atoms with van der Waals surface area (Å²) in [7, 11) is 0. The molecule has 4 nitrogen and oxygen atoms in total. The Morgan fingerprint density at radius 3 is 2.47 bits per heavy atom. The van der Waals surface area contributed by atoms with Crippen molar-refractivity contribution in [2.75, 3.05) is 0 Å². The molecule has 2 aliphatic rings. The zero-order chi connectivity index (χ0) is 21.7. The summed E-state index contributed by atoms with van der Waals surface area (Å²) in [4.78, 5) is 15.7. The molecule has 0 fully saturated rings. The Morgan fingerprint density at radius 1 is 0.906 bits per heavy atom. The van der Waals surface area contributed by atoms with Crippen molar-refractivity contribution in [3.63, 3.8) is 0 Å². The molecule has 3 heterocycles. The summed E-state index contributed by atoms with van der Waals surface area (Å²) < 4.78 is 0. The predicted octanol–water partition coefficient (Wildman–Crippen LogP) is 6.99. The Balaban J connectivity index is 1.49. The van der Waals surface area contributed by atoms with Crippen LogP contribution < -0.4 is 0 Å². The van der Waals surface area contributed by atoms with Crippen molar-refractivity contribution in [1.82, 2.24) is 9.88 Å². The van der Waals surface area contributed by atoms with Gasteiger partial charge in [-0.3, -0.25) is 4.90 Å². The van der Waals surface area contributed by atoms with Crippen molar-refractivity contribution in [1.29, 1.82) is 0 Å². The average Bonchev–Trinajstić information content (AvgIpc) is 3.44. The fraction of sp³-hybridized carbons (Fsp3) is 0.0769. The number of aromatic nitrogens is 1. The average molecular weight is 455 g/mol. The number of thioether (sulfide) groups is 1. The van der Waals surface area contributed by atoms with E-state index in [1.54, 1.807) is 11.8 Å². The molecule has 0 amide bonds. The van der Waals surface area contributed by atoms with E-state index >= 15 is 0 Å². The molecule has 0 aliphatic carbocycles. The lowest BCUT2D eigenvalue weighted by Crippen LogP contribution is -2.35. The predicted molar refractivity (Wildman–Crippen MR) is 135 cm³/mol. The number of aliphatic imine (C=N–C) groups is 2. The van der Waals surface area contributed by atoms with E-state index in [4.69, 9.17) is 21.6 Å². The number of aromatic amines is 1. The minimum Gasteiger partial charge on any atom is -0.361 e. The summed E-state index contributed by atoms with van der Waals surface area (Å²) in [5.41, 5.74) is 6.63. The van der Waals surface area contributed by atoms with Crippen molar-refractivity contribution in [2.24, 2.45) is 9.98 Å². The largest absolute Gasteiger partial charge is 0.361 e. The highest BCUT2D eigenvalue weighted by molar-refractivity contribution is 8.16. The van der Waals surface area contributed by atoms with Gasteiger partial charge in [-0.15, -0.1) is 0 Å². The molecule has 1 N–H and O–H groups in total. The number of halogens is 1. The molecule has 0 bridgehead atoms. The normalized spacial score (nSPS) is 17.8. The number of rotatable bonds is 3. The molecule has 0 radical (unpaired) electrons. The van der Waals surface area contributed by atoms with Gasteiger partial charge in [0.25, 0.3) is 0 Å². The summed E-state index contributed by atoms with van der Waals surface area (Å²) in [5, 5.41) is 4.93. The van der Waals surface area contributed by atoms with Gasteiger partial charge in [0.1, 0.15) is 5.84 Å². The van der Waals surface area contributed by atoms with Gasteiger partial charge < -0.3 is 4.98 Å². The highest BCUT2D eigenvalue weighted by atomic mass is 35.5. The fourth-order valence-corrected chi connectivity index (χ4v) is 5.12. The maximum Gasteiger partial charge on any atom is 0.176 e. The lowest BCUT2D eigenvalue weighted by Gasteiger charge is -2.29. The third-order valence-electron chi connectivity index (χ3n) is 5.75. The summed E-state index contributed by atoms with van der Waals surface area (Å²) >= 11 is 7.82. The highest BCUT2D eigenvalue weighted by Gasteiger charge is 2.34. The van der Waals surface area contributed by atoms with Crippen molar-refractivity contribution < 1.29 is 0 Å². The number of fused-ring (bicyclic) bond motifs is 2. The van der Waals surface area contributed by atoms with E-state index in [0.717, 1.165) is 44.3 Å². The Kier molecular flexibility index (Phi) is 4.67. The van der Waals surface area contributed by atoms with Crippen molar-refractivity contribution in [2.45, 2.75) is 13.1 Å². The first-order valence-corrected chi connectivity index (χ1v) is 11.6. The third kappa shape index (κ3) is 3.25. The van der Waals surface area contributed by atoms with E-state index in [1.165, 1.54) is 5.56 Å². The van der Waals surface area contributed by atoms with Crippen molar-refractivity contribution in [3.05, 3.63) is 112 Å². The van der Waals surface area contributed by atoms with Crippen LogP contribution >= 0.6 is 23.4 Å². The summed E-state index contributed by atoms with van der Waals surface area (Å²) in [5.74, 6) is 0.874. The Labute approximate surface area is 195 Å². The molecule has 0 saturated carbocycles. The molecule has 1 atom stereocenters. The molecule has 6 rings (SSSR count). The van der Waals surface area contributed by atoms with E-state index in [-0.39, 0.29) is 6.17 Å². The quantitative estimate of drug-likeness (QED) is 0.362. The number of para-hydroxylation sites is 1. The number of H-pyrrole nitrogens is 1. The number of hydrogen-bond donors (Lipinski definition) is 1. The second kappa shape index (κ2) is 7.69. The maximum atomic E-state index is 6.18. The summed E-state index contributed by atoms with van der Waals surface area (Å²) in [6, 6.07) is 24.7. The monoisotopic (exact) mass is 454 g/mol. The number of amidine groups is 2. The second-order valence-electron chi connectivity index (χ2n) is 7.86. The first-order valence-electron chi connectivity index (χ1n) is 10.4. The Bertz CT molecular complexity index is 1410. The molecule has 1 aromatic heterocycles. The van der Waals surface area contributed by atoms with Gasteiger partial charge in [-0.1, -0.05) is 71.4 Å². The number of aryl methyl sites for hydroxylation is 1. The van der Waals surface area contributed by atoms with Crippen LogP contribution in [-0.2, 0) is 0 Å². The van der Waals surface area contributed by atoms with E-state index in [0.29, 0.717) is 5.02 Å². The van der Waals surface area contributed by atoms with Gasteiger partial charge in [0.2, 0.25) is 0 Å². The minimum atomic E-state index is -0.318. The first-order chi connectivity index (χ1) is 15.7. The van der Waals surface area contributed by atoms with Crippen LogP contribution in [0.5, 0.6) is 0 Å². The number of nitrogens with one attached hydrogen (secondary N) is 1. The van der Waals surface area contributed by atoms with E-state index in [1.807, 2.05) is 42.6 Å². The van der Waals surface area contributed by atoms with Crippen LogP contribution in [0, 0.1) is 6.92 Å². The Hall–Kier alpha value is -3.28. The van der Waals surface area contributed by atoms with Crippen LogP contribution in [0.4, 0.5) is 0 Å². The molecule has 2 aliphatic heterocycles. The van der Waals surface area contributed by atoms with Gasteiger partial charge in [-0.25, -0.2) is 9.98 Å². The summed E-state index contributed by atoms with van der Waals surface area (Å²) in [6.07, 6.45) is 1.70. The zero-order valence-corrected chi connectivity index (χ0v) is 18.9. The van der Waals surface area contributed by atoms with E-state index < -0.39 is 0 Å². The molecule has 3 aromatic carbocycles. The molecular formula is C26H19ClN4S. The van der Waals surface area contributed by atoms with Crippen LogP contribution in [0.15, 0.2) is 94.4 Å². The van der Waals surface area contributed by atoms with Gasteiger partial charge in [-0.2, -0.15) is 0 Å². The number of hydrogen-bond acceptors (Lipinski definition) is 4. The smallest absolute Gasteiger partial charge is 0.176 e. The van der Waals surface area contributed by atoms with Crippen LogP contribution in [-0.4, -0.2) is 20.9 Å². The molecule has 0 saturated heterocycles. The molecule has 0 spiro atoms. The van der Waals surface area contributed by atoms with E-state index in [9.17, 15) is 0 Å². The first kappa shape index (κ1) is 19.4. The van der Waals surface area contributed by atoms with Crippen LogP contribution in [0.3, 0.4) is 0 Å². The fourth-order valence-electron chi connectivity index (χ4n) is 4.09. The van der Waals surface area contributed by atoms with Gasteiger partial charge in [0, 0.05) is 38.7 Å². The molecule has 6 heteroatoms. The van der Waals surface area contributed by atoms with Crippen molar-refractivity contribution in [3.8, 4) is 0 Å². The van der Waals surface area contributed by atoms with Gasteiger partial charge in [0.15, 0.2) is 11.3 Å². The van der Waals surface area contributed by atoms with Crippen LogP contribution in [0.25, 0.3) is 16.6 Å².